The molecule has 8 nitrogen and oxygen atoms in total. The zero-order valence-electron chi connectivity index (χ0n) is 16.9. The molecule has 0 N–H and O–H groups in total. The number of aromatic nitrogens is 4. The van der Waals surface area contributed by atoms with Crippen LogP contribution in [0, 0.1) is 5.41 Å². The van der Waals surface area contributed by atoms with Crippen LogP contribution >= 0.6 is 0 Å². The first-order valence-electron chi connectivity index (χ1n) is 10.4. The van der Waals surface area contributed by atoms with Gasteiger partial charge in [-0.1, -0.05) is 12.1 Å². The molecule has 6 rings (SSSR count). The molecule has 31 heavy (non-hydrogen) atoms. The lowest BCUT2D eigenvalue weighted by molar-refractivity contribution is -0.127. The van der Waals surface area contributed by atoms with Crippen molar-refractivity contribution in [3.05, 3.63) is 36.2 Å². The van der Waals surface area contributed by atoms with E-state index in [4.69, 9.17) is 19.4 Å². The van der Waals surface area contributed by atoms with Crippen LogP contribution in [0.25, 0.3) is 16.9 Å². The summed E-state index contributed by atoms with van der Waals surface area (Å²) in [5, 5.41) is 0. The number of hydrogen-bond acceptors (Lipinski definition) is 7. The number of fused-ring (bicyclic) bond motifs is 1. The number of benzene rings is 1. The highest BCUT2D eigenvalue weighted by Crippen LogP contribution is 2.40. The number of imidazole rings is 1. The second-order valence-electron chi connectivity index (χ2n) is 8.43. The molecule has 10 heteroatoms. The summed E-state index contributed by atoms with van der Waals surface area (Å²) in [7, 11) is 0. The van der Waals surface area contributed by atoms with Gasteiger partial charge < -0.3 is 19.3 Å². The van der Waals surface area contributed by atoms with Crippen LogP contribution in [0.3, 0.4) is 0 Å². The molecule has 3 saturated heterocycles. The zero-order valence-corrected chi connectivity index (χ0v) is 16.9. The van der Waals surface area contributed by atoms with E-state index in [0.29, 0.717) is 54.9 Å². The maximum atomic E-state index is 13.9. The Bertz CT molecular complexity index is 1120. The minimum atomic E-state index is -2.72. The fourth-order valence-electron chi connectivity index (χ4n) is 4.53. The Hall–Kier alpha value is -2.85. The van der Waals surface area contributed by atoms with E-state index in [-0.39, 0.29) is 11.2 Å². The average Bonchev–Trinajstić information content (AvgIpc) is 3.12. The first kappa shape index (κ1) is 18.9. The third-order valence-corrected chi connectivity index (χ3v) is 6.19. The second kappa shape index (κ2) is 7.10. The van der Waals surface area contributed by atoms with E-state index < -0.39 is 6.43 Å². The molecule has 3 aromatic rings. The Morgan fingerprint density at radius 1 is 0.903 bits per heavy atom. The predicted molar refractivity (Wildman–Crippen MR) is 110 cm³/mol. The first-order chi connectivity index (χ1) is 15.1. The van der Waals surface area contributed by atoms with Crippen molar-refractivity contribution in [1.82, 2.24) is 19.5 Å². The van der Waals surface area contributed by atoms with Crippen molar-refractivity contribution < 1.29 is 18.3 Å². The summed E-state index contributed by atoms with van der Waals surface area (Å²) in [6, 6.07) is 8.90. The van der Waals surface area contributed by atoms with Gasteiger partial charge in [0.25, 0.3) is 6.43 Å². The number of alkyl halides is 2. The molecule has 1 aromatic carbocycles. The maximum absolute atomic E-state index is 13.9. The number of nitrogens with zero attached hydrogens (tertiary/aromatic N) is 6. The van der Waals surface area contributed by atoms with Gasteiger partial charge in [0, 0.05) is 32.2 Å². The molecule has 0 saturated carbocycles. The molecule has 162 valence electrons. The Kier molecular flexibility index (Phi) is 4.32. The van der Waals surface area contributed by atoms with E-state index in [0.717, 1.165) is 26.3 Å². The summed E-state index contributed by atoms with van der Waals surface area (Å²) >= 11 is 0. The number of ether oxygens (including phenoxy) is 2. The summed E-state index contributed by atoms with van der Waals surface area (Å²) in [6.45, 7) is 5.73. The fraction of sp³-hybridized carbons (Fsp3) is 0.476. The molecule has 3 aliphatic heterocycles. The highest BCUT2D eigenvalue weighted by atomic mass is 19.3. The molecule has 0 radical (unpaired) electrons. The molecular formula is C21H22F2N6O2. The van der Waals surface area contributed by atoms with Gasteiger partial charge in [0.1, 0.15) is 11.6 Å². The third kappa shape index (κ3) is 3.12. The molecule has 0 atom stereocenters. The number of hydrogen-bond donors (Lipinski definition) is 0. The van der Waals surface area contributed by atoms with E-state index >= 15 is 0 Å². The fourth-order valence-corrected chi connectivity index (χ4v) is 4.53. The SMILES string of the molecule is FC(F)c1nc2ccccc2n1-c1cc(N2CCOCC2)nc(N2CC3(COC3)C2)n1. The number of morpholine rings is 1. The largest absolute Gasteiger partial charge is 0.380 e. The molecule has 0 aliphatic carbocycles. The second-order valence-corrected chi connectivity index (χ2v) is 8.43. The number of anilines is 2. The van der Waals surface area contributed by atoms with Gasteiger partial charge in [0.15, 0.2) is 5.82 Å². The van der Waals surface area contributed by atoms with E-state index in [9.17, 15) is 8.78 Å². The Labute approximate surface area is 177 Å². The summed E-state index contributed by atoms with van der Waals surface area (Å²) in [4.78, 5) is 17.9. The summed E-state index contributed by atoms with van der Waals surface area (Å²) in [6.07, 6.45) is -2.72. The number of rotatable bonds is 4. The van der Waals surface area contributed by atoms with Crippen LogP contribution < -0.4 is 9.80 Å². The number of halogens is 2. The van der Waals surface area contributed by atoms with Crippen LogP contribution in [-0.2, 0) is 9.47 Å². The van der Waals surface area contributed by atoms with E-state index in [1.165, 1.54) is 4.57 Å². The number of para-hydroxylation sites is 2. The van der Waals surface area contributed by atoms with Crippen molar-refractivity contribution in [2.45, 2.75) is 6.43 Å². The van der Waals surface area contributed by atoms with Gasteiger partial charge in [-0.25, -0.2) is 13.8 Å². The van der Waals surface area contributed by atoms with Crippen LogP contribution in [-0.4, -0.2) is 72.1 Å². The Morgan fingerprint density at radius 3 is 2.35 bits per heavy atom. The summed E-state index contributed by atoms with van der Waals surface area (Å²) in [5.41, 5.74) is 1.30. The maximum Gasteiger partial charge on any atom is 0.296 e. The van der Waals surface area contributed by atoms with E-state index in [2.05, 4.69) is 14.8 Å². The van der Waals surface area contributed by atoms with E-state index in [1.54, 1.807) is 24.3 Å². The van der Waals surface area contributed by atoms with Crippen molar-refractivity contribution in [3.8, 4) is 5.82 Å². The third-order valence-electron chi connectivity index (χ3n) is 6.19. The van der Waals surface area contributed by atoms with Crippen LogP contribution in [0.1, 0.15) is 12.2 Å². The lowest BCUT2D eigenvalue weighted by atomic mass is 9.78. The highest BCUT2D eigenvalue weighted by Gasteiger charge is 2.50. The van der Waals surface area contributed by atoms with Gasteiger partial charge in [-0.2, -0.15) is 9.97 Å². The minimum absolute atomic E-state index is 0.189. The van der Waals surface area contributed by atoms with Gasteiger partial charge in [-0.15, -0.1) is 0 Å². The summed E-state index contributed by atoms with van der Waals surface area (Å²) < 4.78 is 40.1. The smallest absolute Gasteiger partial charge is 0.296 e. The van der Waals surface area contributed by atoms with Crippen molar-refractivity contribution in [2.24, 2.45) is 5.41 Å². The van der Waals surface area contributed by atoms with E-state index in [1.807, 2.05) is 6.07 Å². The van der Waals surface area contributed by atoms with Crippen LogP contribution in [0.4, 0.5) is 20.5 Å². The standard InChI is InChI=1S/C21H22F2N6O2/c22-18(23)19-24-14-3-1-2-4-15(14)29(19)17-9-16(27-5-7-30-8-6-27)25-20(26-17)28-10-21(11-28)12-31-13-21/h1-4,9,18H,5-8,10-13H2. The molecule has 5 heterocycles. The molecule has 3 aliphatic rings. The van der Waals surface area contributed by atoms with Crippen LogP contribution in [0.2, 0.25) is 0 Å². The monoisotopic (exact) mass is 428 g/mol. The molecule has 2 aromatic heterocycles. The Morgan fingerprint density at radius 2 is 1.65 bits per heavy atom. The highest BCUT2D eigenvalue weighted by molar-refractivity contribution is 5.78. The Balaban J connectivity index is 1.47. The van der Waals surface area contributed by atoms with Gasteiger partial charge in [-0.05, 0) is 12.1 Å². The first-order valence-corrected chi connectivity index (χ1v) is 10.4. The van der Waals surface area contributed by atoms with Crippen molar-refractivity contribution in [3.63, 3.8) is 0 Å². The zero-order chi connectivity index (χ0) is 21.0. The van der Waals surface area contributed by atoms with Crippen LogP contribution in [0.15, 0.2) is 30.3 Å². The molecule has 3 fully saturated rings. The van der Waals surface area contributed by atoms with Gasteiger partial charge >= 0.3 is 0 Å². The lowest BCUT2D eigenvalue weighted by Crippen LogP contribution is -2.66. The van der Waals surface area contributed by atoms with Gasteiger partial charge in [-0.3, -0.25) is 4.57 Å². The molecule has 1 spiro atoms. The van der Waals surface area contributed by atoms with Crippen molar-refractivity contribution in [1.29, 1.82) is 0 Å². The topological polar surface area (TPSA) is 68.5 Å². The van der Waals surface area contributed by atoms with Crippen molar-refractivity contribution in [2.75, 3.05) is 62.4 Å². The normalized spacial score (nSPS) is 20.4. The minimum Gasteiger partial charge on any atom is -0.380 e. The predicted octanol–water partition coefficient (Wildman–Crippen LogP) is 2.43. The van der Waals surface area contributed by atoms with Gasteiger partial charge in [0.2, 0.25) is 5.95 Å². The molecule has 0 unspecified atom stereocenters. The molecule has 0 amide bonds. The quantitative estimate of drug-likeness (QED) is 0.632. The van der Waals surface area contributed by atoms with Crippen molar-refractivity contribution >= 4 is 22.8 Å². The summed E-state index contributed by atoms with van der Waals surface area (Å²) in [5.74, 6) is 1.36. The van der Waals surface area contributed by atoms with Crippen LogP contribution in [0.5, 0.6) is 0 Å². The average molecular weight is 428 g/mol. The molecule has 0 bridgehead atoms. The molecular weight excluding hydrogens is 406 g/mol. The van der Waals surface area contributed by atoms with Gasteiger partial charge in [0.05, 0.1) is 42.9 Å². The lowest BCUT2D eigenvalue weighted by Gasteiger charge is -2.55.